The third kappa shape index (κ3) is 2.07. The van der Waals surface area contributed by atoms with Crippen LogP contribution in [0.4, 0.5) is 5.69 Å². The van der Waals surface area contributed by atoms with Crippen molar-refractivity contribution in [3.63, 3.8) is 0 Å². The van der Waals surface area contributed by atoms with Crippen LogP contribution in [0.2, 0.25) is 0 Å². The van der Waals surface area contributed by atoms with Crippen molar-refractivity contribution >= 4 is 16.6 Å². The van der Waals surface area contributed by atoms with Crippen molar-refractivity contribution in [2.24, 2.45) is 0 Å². The molecule has 100 valence electrons. The van der Waals surface area contributed by atoms with Gasteiger partial charge in [0.1, 0.15) is 5.75 Å². The fourth-order valence-electron chi connectivity index (χ4n) is 2.36. The van der Waals surface area contributed by atoms with Gasteiger partial charge in [0.2, 0.25) is 0 Å². The molecule has 3 heteroatoms. The molecule has 2 N–H and O–H groups in total. The number of hydrogen-bond acceptors (Lipinski definition) is 3. The van der Waals surface area contributed by atoms with E-state index in [-0.39, 0.29) is 0 Å². The first-order valence-electron chi connectivity index (χ1n) is 6.49. The van der Waals surface area contributed by atoms with E-state index in [9.17, 15) is 0 Å². The van der Waals surface area contributed by atoms with Gasteiger partial charge in [-0.1, -0.05) is 29.8 Å². The zero-order valence-corrected chi connectivity index (χ0v) is 11.6. The number of nitrogens with two attached hydrogens (primary N) is 1. The van der Waals surface area contributed by atoms with E-state index in [1.807, 2.05) is 49.4 Å². The molecule has 1 aromatic heterocycles. The van der Waals surface area contributed by atoms with Gasteiger partial charge in [0.25, 0.3) is 0 Å². The van der Waals surface area contributed by atoms with Crippen LogP contribution >= 0.6 is 0 Å². The molecule has 20 heavy (non-hydrogen) atoms. The Bertz CT molecular complexity index is 781. The zero-order valence-electron chi connectivity index (χ0n) is 11.6. The van der Waals surface area contributed by atoms with Crippen LogP contribution in [0.15, 0.2) is 48.5 Å². The van der Waals surface area contributed by atoms with Crippen LogP contribution in [-0.4, -0.2) is 12.1 Å². The van der Waals surface area contributed by atoms with Crippen LogP contribution in [0.25, 0.3) is 22.2 Å². The Morgan fingerprint density at radius 2 is 1.85 bits per heavy atom. The zero-order chi connectivity index (χ0) is 14.1. The topological polar surface area (TPSA) is 48.1 Å². The van der Waals surface area contributed by atoms with Gasteiger partial charge in [-0.2, -0.15) is 0 Å². The van der Waals surface area contributed by atoms with Gasteiger partial charge in [-0.15, -0.1) is 0 Å². The molecule has 0 aliphatic rings. The van der Waals surface area contributed by atoms with E-state index in [1.165, 1.54) is 0 Å². The fourth-order valence-corrected chi connectivity index (χ4v) is 2.36. The van der Waals surface area contributed by atoms with E-state index < -0.39 is 0 Å². The fraction of sp³-hybridized carbons (Fsp3) is 0.118. The van der Waals surface area contributed by atoms with E-state index >= 15 is 0 Å². The molecule has 0 aliphatic carbocycles. The van der Waals surface area contributed by atoms with Crippen LogP contribution in [0.1, 0.15) is 5.56 Å². The molecule has 3 nitrogen and oxygen atoms in total. The minimum absolute atomic E-state index is 0.731. The maximum absolute atomic E-state index is 6.14. The standard InChI is InChI=1S/C17H16N2O/c1-11-7-8-17(20-2)13(9-11)16-10-14(18)12-5-3-4-6-15(12)19-16/h3-10H,1-2H3,(H2,18,19). The number of ether oxygens (including phenoxy) is 1. The molecular weight excluding hydrogens is 248 g/mol. The molecule has 0 aliphatic heterocycles. The number of benzene rings is 2. The Morgan fingerprint density at radius 1 is 1.05 bits per heavy atom. The smallest absolute Gasteiger partial charge is 0.128 e. The van der Waals surface area contributed by atoms with Crippen molar-refractivity contribution in [1.82, 2.24) is 4.98 Å². The van der Waals surface area contributed by atoms with Crippen molar-refractivity contribution in [3.8, 4) is 17.0 Å². The van der Waals surface area contributed by atoms with E-state index in [4.69, 9.17) is 15.5 Å². The predicted octanol–water partition coefficient (Wildman–Crippen LogP) is 3.80. The van der Waals surface area contributed by atoms with Crippen LogP contribution in [0.5, 0.6) is 5.75 Å². The van der Waals surface area contributed by atoms with Crippen LogP contribution in [-0.2, 0) is 0 Å². The molecule has 2 aromatic carbocycles. The third-order valence-electron chi connectivity index (χ3n) is 3.38. The first kappa shape index (κ1) is 12.5. The maximum Gasteiger partial charge on any atom is 0.128 e. The molecule has 0 spiro atoms. The molecular formula is C17H16N2O. The molecule has 1 heterocycles. The maximum atomic E-state index is 6.14. The Morgan fingerprint density at radius 3 is 2.65 bits per heavy atom. The van der Waals surface area contributed by atoms with Crippen molar-refractivity contribution in [2.75, 3.05) is 12.8 Å². The van der Waals surface area contributed by atoms with Crippen molar-refractivity contribution in [2.45, 2.75) is 6.92 Å². The first-order valence-corrected chi connectivity index (χ1v) is 6.49. The van der Waals surface area contributed by atoms with Gasteiger partial charge in [0.15, 0.2) is 0 Å². The lowest BCUT2D eigenvalue weighted by Crippen LogP contribution is -1.95. The highest BCUT2D eigenvalue weighted by molar-refractivity contribution is 5.93. The van der Waals surface area contributed by atoms with E-state index in [0.29, 0.717) is 0 Å². The summed E-state index contributed by atoms with van der Waals surface area (Å²) >= 11 is 0. The van der Waals surface area contributed by atoms with Crippen LogP contribution in [0, 0.1) is 6.92 Å². The molecule has 0 saturated heterocycles. The Hall–Kier alpha value is -2.55. The Labute approximate surface area is 118 Å². The minimum atomic E-state index is 0.731. The lowest BCUT2D eigenvalue weighted by molar-refractivity contribution is 0.416. The number of nitrogen functional groups attached to an aromatic ring is 1. The number of fused-ring (bicyclic) bond motifs is 1. The Balaban J connectivity index is 2.27. The summed E-state index contributed by atoms with van der Waals surface area (Å²) < 4.78 is 5.43. The second kappa shape index (κ2) is 4.85. The predicted molar refractivity (Wildman–Crippen MR) is 82.9 cm³/mol. The monoisotopic (exact) mass is 264 g/mol. The number of pyridine rings is 1. The van der Waals surface area contributed by atoms with Crippen LogP contribution in [0.3, 0.4) is 0 Å². The molecule has 0 radical (unpaired) electrons. The summed E-state index contributed by atoms with van der Waals surface area (Å²) in [6, 6.07) is 15.8. The quantitative estimate of drug-likeness (QED) is 0.765. The average molecular weight is 264 g/mol. The lowest BCUT2D eigenvalue weighted by atomic mass is 10.0. The normalized spacial score (nSPS) is 10.7. The van der Waals surface area contributed by atoms with Crippen LogP contribution < -0.4 is 10.5 Å². The molecule has 0 atom stereocenters. The van der Waals surface area contributed by atoms with Crippen molar-refractivity contribution in [1.29, 1.82) is 0 Å². The highest BCUT2D eigenvalue weighted by atomic mass is 16.5. The molecule has 0 bridgehead atoms. The molecule has 0 amide bonds. The first-order chi connectivity index (χ1) is 9.69. The highest BCUT2D eigenvalue weighted by Crippen LogP contribution is 2.32. The molecule has 0 saturated carbocycles. The summed E-state index contributed by atoms with van der Waals surface area (Å²) in [6.45, 7) is 2.05. The lowest BCUT2D eigenvalue weighted by Gasteiger charge is -2.11. The number of anilines is 1. The Kier molecular flexibility index (Phi) is 3.03. The molecule has 3 rings (SSSR count). The second-order valence-corrected chi connectivity index (χ2v) is 4.82. The number of rotatable bonds is 2. The summed E-state index contributed by atoms with van der Waals surface area (Å²) in [6.07, 6.45) is 0. The van der Waals surface area contributed by atoms with E-state index in [2.05, 4.69) is 6.07 Å². The average Bonchev–Trinajstić information content (AvgIpc) is 2.47. The number of aryl methyl sites for hydroxylation is 1. The van der Waals surface area contributed by atoms with Gasteiger partial charge >= 0.3 is 0 Å². The van der Waals surface area contributed by atoms with Gasteiger partial charge in [-0.25, -0.2) is 4.98 Å². The molecule has 3 aromatic rings. The van der Waals surface area contributed by atoms with Crippen molar-refractivity contribution in [3.05, 3.63) is 54.1 Å². The van der Waals surface area contributed by atoms with Crippen molar-refractivity contribution < 1.29 is 4.74 Å². The third-order valence-corrected chi connectivity index (χ3v) is 3.38. The summed E-state index contributed by atoms with van der Waals surface area (Å²) in [4.78, 5) is 4.70. The molecule has 0 fully saturated rings. The second-order valence-electron chi connectivity index (χ2n) is 4.82. The van der Waals surface area contributed by atoms with Gasteiger partial charge in [-0.3, -0.25) is 0 Å². The van der Waals surface area contributed by atoms with Gasteiger partial charge in [0.05, 0.1) is 18.3 Å². The van der Waals surface area contributed by atoms with Gasteiger partial charge in [0, 0.05) is 16.6 Å². The van der Waals surface area contributed by atoms with Gasteiger partial charge in [-0.05, 0) is 31.2 Å². The highest BCUT2D eigenvalue weighted by Gasteiger charge is 2.10. The number of hydrogen-bond donors (Lipinski definition) is 1. The van der Waals surface area contributed by atoms with E-state index in [0.717, 1.165) is 39.2 Å². The number of para-hydroxylation sites is 1. The van der Waals surface area contributed by atoms with Gasteiger partial charge < -0.3 is 10.5 Å². The minimum Gasteiger partial charge on any atom is -0.496 e. The SMILES string of the molecule is COc1ccc(C)cc1-c1cc(N)c2ccccc2n1. The number of methoxy groups -OCH3 is 1. The largest absolute Gasteiger partial charge is 0.496 e. The summed E-state index contributed by atoms with van der Waals surface area (Å²) in [5, 5.41) is 0.975. The summed E-state index contributed by atoms with van der Waals surface area (Å²) in [5.74, 6) is 0.804. The molecule has 0 unspecified atom stereocenters. The number of nitrogens with zero attached hydrogens (tertiary/aromatic N) is 1. The van der Waals surface area contributed by atoms with E-state index in [1.54, 1.807) is 7.11 Å². The number of aromatic nitrogens is 1. The summed E-state index contributed by atoms with van der Waals surface area (Å²) in [7, 11) is 1.67. The summed E-state index contributed by atoms with van der Waals surface area (Å²) in [5.41, 5.74) is 10.7.